The van der Waals surface area contributed by atoms with E-state index >= 15 is 0 Å². The van der Waals surface area contributed by atoms with E-state index in [4.69, 9.17) is 4.74 Å². The maximum absolute atomic E-state index is 12.2. The number of ketones is 1. The van der Waals surface area contributed by atoms with E-state index in [2.05, 4.69) is 4.57 Å². The number of hydrogen-bond donors (Lipinski definition) is 0. The average molecular weight is 271 g/mol. The first-order valence-electron chi connectivity index (χ1n) is 6.95. The van der Waals surface area contributed by atoms with Gasteiger partial charge in [-0.1, -0.05) is 19.1 Å². The van der Waals surface area contributed by atoms with E-state index in [1.54, 1.807) is 7.11 Å². The number of aromatic nitrogens is 1. The van der Waals surface area contributed by atoms with Crippen molar-refractivity contribution in [2.24, 2.45) is 0 Å². The average Bonchev–Trinajstić information content (AvgIpc) is 2.74. The van der Waals surface area contributed by atoms with Crippen LogP contribution >= 0.6 is 0 Å². The second kappa shape index (κ2) is 5.95. The van der Waals surface area contributed by atoms with Gasteiger partial charge in [0.1, 0.15) is 5.75 Å². The Hall–Kier alpha value is -2.03. The van der Waals surface area contributed by atoms with Crippen LogP contribution in [0, 0.1) is 13.8 Å². The molecule has 0 amide bonds. The number of Topliss-reactive ketones (excluding diaryl/α,β-unsaturated/α-hetero) is 1. The van der Waals surface area contributed by atoms with Crippen molar-refractivity contribution in [1.82, 2.24) is 4.57 Å². The van der Waals surface area contributed by atoms with E-state index in [9.17, 15) is 4.79 Å². The summed E-state index contributed by atoms with van der Waals surface area (Å²) in [5.74, 6) is 1.02. The Bertz CT molecular complexity index is 626. The largest absolute Gasteiger partial charge is 0.495 e. The number of para-hydroxylation sites is 2. The summed E-state index contributed by atoms with van der Waals surface area (Å²) in [6.07, 6.45) is 1.47. The van der Waals surface area contributed by atoms with E-state index in [0.29, 0.717) is 6.42 Å². The molecule has 0 aliphatic heterocycles. The molecule has 3 heteroatoms. The highest BCUT2D eigenvalue weighted by atomic mass is 16.5. The number of methoxy groups -OCH3 is 1. The van der Waals surface area contributed by atoms with Crippen LogP contribution in [0.2, 0.25) is 0 Å². The fourth-order valence-electron chi connectivity index (χ4n) is 2.59. The fraction of sp³-hybridized carbons (Fsp3) is 0.353. The molecule has 1 heterocycles. The molecule has 3 nitrogen and oxygen atoms in total. The summed E-state index contributed by atoms with van der Waals surface area (Å²) in [6, 6.07) is 9.83. The van der Waals surface area contributed by atoms with E-state index in [1.165, 1.54) is 0 Å². The van der Waals surface area contributed by atoms with Gasteiger partial charge in [0.2, 0.25) is 0 Å². The van der Waals surface area contributed by atoms with Gasteiger partial charge in [-0.15, -0.1) is 0 Å². The van der Waals surface area contributed by atoms with Gasteiger partial charge in [-0.25, -0.2) is 0 Å². The Kier molecular flexibility index (Phi) is 4.28. The summed E-state index contributed by atoms with van der Waals surface area (Å²) in [4.78, 5) is 12.2. The van der Waals surface area contributed by atoms with Crippen LogP contribution < -0.4 is 4.74 Å². The first-order valence-corrected chi connectivity index (χ1v) is 6.95. The lowest BCUT2D eigenvalue weighted by Gasteiger charge is -2.13. The van der Waals surface area contributed by atoms with Crippen LogP contribution in [-0.2, 0) is 0 Å². The predicted octanol–water partition coefficient (Wildman–Crippen LogP) is 4.09. The van der Waals surface area contributed by atoms with Crippen molar-refractivity contribution in [3.63, 3.8) is 0 Å². The normalized spacial score (nSPS) is 10.6. The Labute approximate surface area is 120 Å². The van der Waals surface area contributed by atoms with Crippen molar-refractivity contribution in [2.75, 3.05) is 7.11 Å². The molecule has 0 saturated carbocycles. The molecule has 0 fully saturated rings. The molecule has 0 radical (unpaired) electrons. The summed E-state index contributed by atoms with van der Waals surface area (Å²) in [5.41, 5.74) is 3.81. The predicted molar refractivity (Wildman–Crippen MR) is 81.0 cm³/mol. The third-order valence-corrected chi connectivity index (χ3v) is 3.53. The SMILES string of the molecule is CCCC(=O)c1cc(C)n(-c2ccccc2OC)c1C. The second-order valence-corrected chi connectivity index (χ2v) is 4.97. The van der Waals surface area contributed by atoms with Crippen LogP contribution in [0.25, 0.3) is 5.69 Å². The minimum absolute atomic E-state index is 0.210. The standard InChI is InChI=1S/C17H21NO2/c1-5-8-16(19)14-11-12(2)18(13(14)3)15-9-6-7-10-17(15)20-4/h6-7,9-11H,5,8H2,1-4H3. The number of carbonyl (C=O) groups excluding carboxylic acids is 1. The second-order valence-electron chi connectivity index (χ2n) is 4.97. The summed E-state index contributed by atoms with van der Waals surface area (Å²) in [6.45, 7) is 6.03. The Morgan fingerprint density at radius 3 is 2.60 bits per heavy atom. The lowest BCUT2D eigenvalue weighted by molar-refractivity contribution is 0.0981. The van der Waals surface area contributed by atoms with Gasteiger partial charge >= 0.3 is 0 Å². The zero-order valence-corrected chi connectivity index (χ0v) is 12.6. The molecular formula is C17H21NO2. The number of ether oxygens (including phenoxy) is 1. The highest BCUT2D eigenvalue weighted by molar-refractivity contribution is 5.97. The van der Waals surface area contributed by atoms with E-state index in [1.807, 2.05) is 51.1 Å². The molecular weight excluding hydrogens is 250 g/mol. The zero-order chi connectivity index (χ0) is 14.7. The van der Waals surface area contributed by atoms with Crippen LogP contribution in [0.1, 0.15) is 41.5 Å². The van der Waals surface area contributed by atoms with Gasteiger partial charge < -0.3 is 9.30 Å². The maximum atomic E-state index is 12.2. The van der Waals surface area contributed by atoms with Gasteiger partial charge in [-0.3, -0.25) is 4.79 Å². The number of aryl methyl sites for hydroxylation is 1. The Morgan fingerprint density at radius 1 is 1.25 bits per heavy atom. The molecule has 0 aliphatic carbocycles. The molecule has 0 saturated heterocycles. The molecule has 2 rings (SSSR count). The highest BCUT2D eigenvalue weighted by Gasteiger charge is 2.17. The first-order chi connectivity index (χ1) is 9.60. The van der Waals surface area contributed by atoms with E-state index < -0.39 is 0 Å². The molecule has 0 bridgehead atoms. The van der Waals surface area contributed by atoms with Crippen molar-refractivity contribution >= 4 is 5.78 Å². The molecule has 106 valence electrons. The third-order valence-electron chi connectivity index (χ3n) is 3.53. The molecule has 1 aromatic heterocycles. The van der Waals surface area contributed by atoms with Crippen LogP contribution in [-0.4, -0.2) is 17.5 Å². The molecule has 0 spiro atoms. The number of benzene rings is 1. The summed E-state index contributed by atoms with van der Waals surface area (Å²) < 4.78 is 7.51. The van der Waals surface area contributed by atoms with Crippen molar-refractivity contribution in [2.45, 2.75) is 33.6 Å². The molecule has 0 unspecified atom stereocenters. The molecule has 1 aromatic carbocycles. The molecule has 0 N–H and O–H groups in total. The molecule has 20 heavy (non-hydrogen) atoms. The molecule has 0 atom stereocenters. The number of rotatable bonds is 5. The van der Waals surface area contributed by atoms with Gasteiger partial charge in [-0.2, -0.15) is 0 Å². The minimum atomic E-state index is 0.210. The van der Waals surface area contributed by atoms with E-state index in [0.717, 1.165) is 34.8 Å². The summed E-state index contributed by atoms with van der Waals surface area (Å²) in [5, 5.41) is 0. The minimum Gasteiger partial charge on any atom is -0.495 e. The smallest absolute Gasteiger partial charge is 0.164 e. The fourth-order valence-corrected chi connectivity index (χ4v) is 2.59. The van der Waals surface area contributed by atoms with Crippen LogP contribution in [0.5, 0.6) is 5.75 Å². The van der Waals surface area contributed by atoms with Gasteiger partial charge in [0.15, 0.2) is 5.78 Å². The van der Waals surface area contributed by atoms with Gasteiger partial charge in [0, 0.05) is 23.4 Å². The summed E-state index contributed by atoms with van der Waals surface area (Å²) in [7, 11) is 1.66. The number of nitrogens with zero attached hydrogens (tertiary/aromatic N) is 1. The van der Waals surface area contributed by atoms with Crippen LogP contribution in [0.4, 0.5) is 0 Å². The zero-order valence-electron chi connectivity index (χ0n) is 12.6. The van der Waals surface area contributed by atoms with Crippen LogP contribution in [0.3, 0.4) is 0 Å². The quantitative estimate of drug-likeness (QED) is 0.767. The highest BCUT2D eigenvalue weighted by Crippen LogP contribution is 2.28. The van der Waals surface area contributed by atoms with E-state index in [-0.39, 0.29) is 5.78 Å². The van der Waals surface area contributed by atoms with Crippen molar-refractivity contribution in [3.05, 3.63) is 47.3 Å². The molecule has 2 aromatic rings. The van der Waals surface area contributed by atoms with Gasteiger partial charge in [-0.05, 0) is 38.5 Å². The lowest BCUT2D eigenvalue weighted by Crippen LogP contribution is -2.04. The maximum Gasteiger partial charge on any atom is 0.164 e. The monoisotopic (exact) mass is 271 g/mol. The molecule has 0 aliphatic rings. The summed E-state index contributed by atoms with van der Waals surface area (Å²) >= 11 is 0. The van der Waals surface area contributed by atoms with Crippen molar-refractivity contribution in [3.8, 4) is 11.4 Å². The number of hydrogen-bond acceptors (Lipinski definition) is 2. The lowest BCUT2D eigenvalue weighted by atomic mass is 10.1. The Balaban J connectivity index is 2.56. The van der Waals surface area contributed by atoms with Gasteiger partial charge in [0.25, 0.3) is 0 Å². The van der Waals surface area contributed by atoms with Crippen molar-refractivity contribution < 1.29 is 9.53 Å². The van der Waals surface area contributed by atoms with Crippen LogP contribution in [0.15, 0.2) is 30.3 Å². The van der Waals surface area contributed by atoms with Crippen molar-refractivity contribution in [1.29, 1.82) is 0 Å². The van der Waals surface area contributed by atoms with Gasteiger partial charge in [0.05, 0.1) is 12.8 Å². The Morgan fingerprint density at radius 2 is 1.95 bits per heavy atom. The topological polar surface area (TPSA) is 31.2 Å². The first kappa shape index (κ1) is 14.4. The third kappa shape index (κ3) is 2.48. The number of carbonyl (C=O) groups is 1.